The van der Waals surface area contributed by atoms with Gasteiger partial charge in [0.2, 0.25) is 0 Å². The number of carbonyl (C=O) groups is 1. The number of rotatable bonds is 5. The van der Waals surface area contributed by atoms with E-state index in [0.29, 0.717) is 11.4 Å². The van der Waals surface area contributed by atoms with E-state index in [0.717, 1.165) is 11.3 Å². The molecule has 0 aliphatic carbocycles. The number of hydrogen-bond donors (Lipinski definition) is 0. The Hall–Kier alpha value is -2.49. The lowest BCUT2D eigenvalue weighted by molar-refractivity contribution is -0.131. The molecule has 4 nitrogen and oxygen atoms in total. The van der Waals surface area contributed by atoms with E-state index in [-0.39, 0.29) is 5.97 Å². The van der Waals surface area contributed by atoms with Crippen molar-refractivity contribution in [3.8, 4) is 5.75 Å². The maximum Gasteiger partial charge on any atom is 0.308 e. The maximum atomic E-state index is 10.8. The van der Waals surface area contributed by atoms with Crippen molar-refractivity contribution < 1.29 is 9.53 Å². The van der Waals surface area contributed by atoms with Crippen LogP contribution in [0.2, 0.25) is 0 Å². The van der Waals surface area contributed by atoms with Crippen LogP contribution in [0.25, 0.3) is 0 Å². The Kier molecular flexibility index (Phi) is 6.27. The normalized spacial score (nSPS) is 11.3. The van der Waals surface area contributed by atoms with Crippen molar-refractivity contribution in [3.05, 3.63) is 59.8 Å². The number of allylic oxidation sites excluding steroid dienone is 4. The second-order valence-electron chi connectivity index (χ2n) is 4.86. The van der Waals surface area contributed by atoms with Gasteiger partial charge in [0.1, 0.15) is 5.75 Å². The summed E-state index contributed by atoms with van der Waals surface area (Å²) in [7, 11) is 0. The predicted molar refractivity (Wildman–Crippen MR) is 84.6 cm³/mol. The van der Waals surface area contributed by atoms with E-state index in [1.165, 1.54) is 12.5 Å². The van der Waals surface area contributed by atoms with Crippen LogP contribution in [0.4, 0.5) is 5.69 Å². The number of carbonyl (C=O) groups excluding carboxylic acids is 1. The largest absolute Gasteiger partial charge is 0.427 e. The first-order chi connectivity index (χ1) is 9.88. The van der Waals surface area contributed by atoms with Crippen molar-refractivity contribution in [2.75, 3.05) is 0 Å². The standard InChI is InChI=1S/C17H20N2O2/c1-12(2)6-11-17(13(3)4)19-18-15-7-9-16(10-8-15)21-14(5)20/h6-11H,3H2,1-2,4-5H3. The molecule has 0 fully saturated rings. The summed E-state index contributed by atoms with van der Waals surface area (Å²) in [4.78, 5) is 10.8. The predicted octanol–water partition coefficient (Wildman–Crippen LogP) is 5.12. The minimum Gasteiger partial charge on any atom is -0.427 e. The molecule has 1 aromatic carbocycles. The van der Waals surface area contributed by atoms with Crippen LogP contribution < -0.4 is 4.74 Å². The second kappa shape index (κ2) is 7.94. The van der Waals surface area contributed by atoms with Crippen LogP contribution in [0.1, 0.15) is 27.7 Å². The van der Waals surface area contributed by atoms with Gasteiger partial charge in [0, 0.05) is 6.92 Å². The summed E-state index contributed by atoms with van der Waals surface area (Å²) < 4.78 is 4.95. The highest BCUT2D eigenvalue weighted by Gasteiger charge is 1.98. The van der Waals surface area contributed by atoms with Crippen molar-refractivity contribution in [2.24, 2.45) is 10.2 Å². The van der Waals surface area contributed by atoms with Crippen LogP contribution >= 0.6 is 0 Å². The topological polar surface area (TPSA) is 51.0 Å². The number of ether oxygens (including phenoxy) is 1. The highest BCUT2D eigenvalue weighted by molar-refractivity contribution is 5.69. The lowest BCUT2D eigenvalue weighted by atomic mass is 10.2. The van der Waals surface area contributed by atoms with Gasteiger partial charge in [-0.05, 0) is 56.7 Å². The van der Waals surface area contributed by atoms with Gasteiger partial charge in [-0.15, -0.1) is 0 Å². The molecule has 0 radical (unpaired) electrons. The number of nitrogens with zero attached hydrogens (tertiary/aromatic N) is 2. The van der Waals surface area contributed by atoms with Crippen LogP contribution in [0.5, 0.6) is 5.75 Å². The van der Waals surface area contributed by atoms with Crippen molar-refractivity contribution in [1.29, 1.82) is 0 Å². The molecule has 0 spiro atoms. The SMILES string of the molecule is C=C(C)C(=CC=C(C)C)N=Nc1ccc(OC(C)=O)cc1. The van der Waals surface area contributed by atoms with Crippen LogP contribution in [0.15, 0.2) is 70.1 Å². The minimum absolute atomic E-state index is 0.349. The molecule has 0 aromatic heterocycles. The summed E-state index contributed by atoms with van der Waals surface area (Å²) in [5, 5.41) is 8.34. The zero-order valence-electron chi connectivity index (χ0n) is 12.9. The van der Waals surface area contributed by atoms with Gasteiger partial charge in [-0.3, -0.25) is 4.79 Å². The van der Waals surface area contributed by atoms with Gasteiger partial charge in [-0.1, -0.05) is 18.2 Å². The Morgan fingerprint density at radius 1 is 1.10 bits per heavy atom. The smallest absolute Gasteiger partial charge is 0.308 e. The molecular formula is C17H20N2O2. The summed E-state index contributed by atoms with van der Waals surface area (Å²) >= 11 is 0. The summed E-state index contributed by atoms with van der Waals surface area (Å²) in [6.45, 7) is 11.2. The molecule has 0 saturated carbocycles. The van der Waals surface area contributed by atoms with E-state index in [1.54, 1.807) is 24.3 Å². The molecule has 4 heteroatoms. The zero-order chi connectivity index (χ0) is 15.8. The van der Waals surface area contributed by atoms with Crippen molar-refractivity contribution in [1.82, 2.24) is 0 Å². The summed E-state index contributed by atoms with van der Waals surface area (Å²) in [6.07, 6.45) is 3.85. The monoisotopic (exact) mass is 284 g/mol. The molecular weight excluding hydrogens is 264 g/mol. The number of hydrogen-bond acceptors (Lipinski definition) is 4. The second-order valence-corrected chi connectivity index (χ2v) is 4.86. The average molecular weight is 284 g/mol. The fraction of sp³-hybridized carbons (Fsp3) is 0.235. The van der Waals surface area contributed by atoms with Gasteiger partial charge in [-0.25, -0.2) is 0 Å². The third-order valence-electron chi connectivity index (χ3n) is 2.38. The molecule has 0 amide bonds. The Balaban J connectivity index is 2.87. The van der Waals surface area contributed by atoms with Gasteiger partial charge in [0.15, 0.2) is 0 Å². The van der Waals surface area contributed by atoms with Crippen LogP contribution in [-0.2, 0) is 4.79 Å². The molecule has 0 aliphatic heterocycles. The van der Waals surface area contributed by atoms with Gasteiger partial charge < -0.3 is 4.74 Å². The molecule has 0 bridgehead atoms. The fourth-order valence-electron chi connectivity index (χ4n) is 1.36. The Morgan fingerprint density at radius 2 is 1.71 bits per heavy atom. The first-order valence-corrected chi connectivity index (χ1v) is 6.60. The van der Waals surface area contributed by atoms with E-state index in [2.05, 4.69) is 16.8 Å². The van der Waals surface area contributed by atoms with Crippen LogP contribution in [0.3, 0.4) is 0 Å². The molecule has 0 atom stereocenters. The first kappa shape index (κ1) is 16.6. The first-order valence-electron chi connectivity index (χ1n) is 6.60. The Morgan fingerprint density at radius 3 is 2.19 bits per heavy atom. The molecule has 110 valence electrons. The number of azo groups is 1. The van der Waals surface area contributed by atoms with Crippen molar-refractivity contribution in [2.45, 2.75) is 27.7 Å². The van der Waals surface area contributed by atoms with Crippen LogP contribution in [0, 0.1) is 0 Å². The number of esters is 1. The highest BCUT2D eigenvalue weighted by atomic mass is 16.5. The minimum atomic E-state index is -0.349. The molecule has 21 heavy (non-hydrogen) atoms. The summed E-state index contributed by atoms with van der Waals surface area (Å²) in [6, 6.07) is 6.82. The summed E-state index contributed by atoms with van der Waals surface area (Å²) in [5.41, 5.74) is 3.41. The molecule has 1 rings (SSSR count). The number of benzene rings is 1. The van der Waals surface area contributed by atoms with Crippen molar-refractivity contribution >= 4 is 11.7 Å². The fourth-order valence-corrected chi connectivity index (χ4v) is 1.36. The van der Waals surface area contributed by atoms with Gasteiger partial charge in [0.05, 0.1) is 11.4 Å². The quantitative estimate of drug-likeness (QED) is 0.326. The summed E-state index contributed by atoms with van der Waals surface area (Å²) in [5.74, 6) is 0.139. The molecule has 0 N–H and O–H groups in total. The zero-order valence-corrected chi connectivity index (χ0v) is 12.9. The van der Waals surface area contributed by atoms with E-state index >= 15 is 0 Å². The average Bonchev–Trinajstić information content (AvgIpc) is 2.39. The van der Waals surface area contributed by atoms with Crippen LogP contribution in [-0.4, -0.2) is 5.97 Å². The third-order valence-corrected chi connectivity index (χ3v) is 2.38. The van der Waals surface area contributed by atoms with E-state index < -0.39 is 0 Å². The lowest BCUT2D eigenvalue weighted by Gasteiger charge is -2.01. The van der Waals surface area contributed by atoms with E-state index in [9.17, 15) is 4.79 Å². The Bertz CT molecular complexity index is 604. The van der Waals surface area contributed by atoms with Crippen molar-refractivity contribution in [3.63, 3.8) is 0 Å². The third kappa shape index (κ3) is 6.47. The Labute approximate surface area is 125 Å². The van der Waals surface area contributed by atoms with E-state index in [4.69, 9.17) is 4.74 Å². The molecule has 0 saturated heterocycles. The van der Waals surface area contributed by atoms with E-state index in [1.807, 2.05) is 32.9 Å². The molecule has 1 aromatic rings. The highest BCUT2D eigenvalue weighted by Crippen LogP contribution is 2.20. The lowest BCUT2D eigenvalue weighted by Crippen LogP contribution is -2.00. The molecule has 0 unspecified atom stereocenters. The van der Waals surface area contributed by atoms with Gasteiger partial charge in [-0.2, -0.15) is 10.2 Å². The van der Waals surface area contributed by atoms with Gasteiger partial charge >= 0.3 is 5.97 Å². The molecule has 0 aliphatic rings. The van der Waals surface area contributed by atoms with Gasteiger partial charge in [0.25, 0.3) is 0 Å². The molecule has 0 heterocycles. The maximum absolute atomic E-state index is 10.8.